The number of nitrogens with zero attached hydrogens (tertiary/aromatic N) is 3. The number of hydrogen-bond acceptors (Lipinski definition) is 3. The summed E-state index contributed by atoms with van der Waals surface area (Å²) in [5.74, 6) is -1.08. The highest BCUT2D eigenvalue weighted by molar-refractivity contribution is 6.01. The maximum Gasteiger partial charge on any atom is 0.356 e. The number of hydrogen-bond donors (Lipinski definition) is 1. The highest BCUT2D eigenvalue weighted by Gasteiger charge is 2.42. The van der Waals surface area contributed by atoms with Crippen molar-refractivity contribution in [3.05, 3.63) is 47.0 Å². The standard InChI is InChI=1S/C15H13N3O3/c1-8-3-2-4-9-11(8)14(19)17-6-5-10(17)13-12(15(20)21)16-7-18(9)13/h2-4,7,10H,5-6H2,1H3,(H,20,21)/t10-/m0/s1. The van der Waals surface area contributed by atoms with Gasteiger partial charge in [-0.2, -0.15) is 0 Å². The van der Waals surface area contributed by atoms with Crippen LogP contribution in [0.25, 0.3) is 5.69 Å². The van der Waals surface area contributed by atoms with E-state index in [0.717, 1.165) is 12.0 Å². The van der Waals surface area contributed by atoms with Crippen molar-refractivity contribution in [2.75, 3.05) is 6.54 Å². The van der Waals surface area contributed by atoms with Crippen LogP contribution >= 0.6 is 0 Å². The minimum atomic E-state index is -1.06. The van der Waals surface area contributed by atoms with E-state index in [1.165, 1.54) is 6.33 Å². The SMILES string of the molecule is Cc1cccc2c1C(=O)N1CC[C@H]1c1c(C(=O)O)ncn1-2. The van der Waals surface area contributed by atoms with Crippen molar-refractivity contribution in [2.45, 2.75) is 19.4 Å². The molecule has 0 saturated carbocycles. The van der Waals surface area contributed by atoms with Crippen LogP contribution in [0.2, 0.25) is 0 Å². The second kappa shape index (κ2) is 3.94. The second-order valence-corrected chi connectivity index (χ2v) is 5.43. The number of amides is 1. The number of aryl methyl sites for hydroxylation is 1. The molecule has 21 heavy (non-hydrogen) atoms. The average Bonchev–Trinajstić information content (AvgIpc) is 2.78. The summed E-state index contributed by atoms with van der Waals surface area (Å²) in [4.78, 5) is 29.9. The number of benzene rings is 1. The van der Waals surface area contributed by atoms with Gasteiger partial charge in [0.05, 0.1) is 23.0 Å². The van der Waals surface area contributed by atoms with Crippen LogP contribution in [-0.2, 0) is 0 Å². The fourth-order valence-electron chi connectivity index (χ4n) is 3.22. The maximum atomic E-state index is 12.7. The monoisotopic (exact) mass is 283 g/mol. The molecule has 2 aromatic rings. The van der Waals surface area contributed by atoms with E-state index in [1.807, 2.05) is 25.1 Å². The van der Waals surface area contributed by atoms with Gasteiger partial charge in [-0.05, 0) is 25.0 Å². The molecule has 0 radical (unpaired) electrons. The Bertz CT molecular complexity index is 793. The molecule has 3 heterocycles. The molecule has 6 nitrogen and oxygen atoms in total. The Morgan fingerprint density at radius 2 is 2.24 bits per heavy atom. The molecule has 1 N–H and O–H groups in total. The van der Waals surface area contributed by atoms with Crippen molar-refractivity contribution in [3.8, 4) is 5.69 Å². The molecule has 2 aliphatic rings. The van der Waals surface area contributed by atoms with E-state index >= 15 is 0 Å². The fraction of sp³-hybridized carbons (Fsp3) is 0.267. The third-order valence-corrected chi connectivity index (χ3v) is 4.33. The number of aromatic nitrogens is 2. The van der Waals surface area contributed by atoms with E-state index in [-0.39, 0.29) is 17.6 Å². The van der Waals surface area contributed by atoms with Crippen LogP contribution < -0.4 is 0 Å². The third-order valence-electron chi connectivity index (χ3n) is 4.33. The van der Waals surface area contributed by atoms with E-state index in [9.17, 15) is 14.7 Å². The van der Waals surface area contributed by atoms with E-state index < -0.39 is 5.97 Å². The summed E-state index contributed by atoms with van der Waals surface area (Å²) in [6.45, 7) is 2.55. The molecule has 0 aliphatic carbocycles. The molecule has 2 aliphatic heterocycles. The first kappa shape index (κ1) is 12.1. The molecule has 6 heteroatoms. The Labute approximate surface area is 120 Å². The van der Waals surface area contributed by atoms with Gasteiger partial charge in [0.2, 0.25) is 0 Å². The van der Waals surface area contributed by atoms with Gasteiger partial charge in [0.1, 0.15) is 6.33 Å². The fourth-order valence-corrected chi connectivity index (χ4v) is 3.22. The highest BCUT2D eigenvalue weighted by atomic mass is 16.4. The lowest BCUT2D eigenvalue weighted by Crippen LogP contribution is -2.45. The Balaban J connectivity index is 2.07. The molecule has 4 rings (SSSR count). The number of fused-ring (bicyclic) bond motifs is 5. The first-order valence-electron chi connectivity index (χ1n) is 6.81. The highest BCUT2D eigenvalue weighted by Crippen LogP contribution is 2.41. The van der Waals surface area contributed by atoms with Gasteiger partial charge in [0, 0.05) is 6.54 Å². The zero-order chi connectivity index (χ0) is 14.7. The van der Waals surface area contributed by atoms with E-state index in [1.54, 1.807) is 9.47 Å². The zero-order valence-electron chi connectivity index (χ0n) is 11.4. The molecule has 0 spiro atoms. The van der Waals surface area contributed by atoms with Crippen molar-refractivity contribution in [3.63, 3.8) is 0 Å². The van der Waals surface area contributed by atoms with Crippen LogP contribution in [-0.4, -0.2) is 38.0 Å². The molecular formula is C15H13N3O3. The third kappa shape index (κ3) is 1.44. The predicted molar refractivity (Wildman–Crippen MR) is 73.7 cm³/mol. The van der Waals surface area contributed by atoms with Crippen LogP contribution in [0.1, 0.15) is 44.6 Å². The topological polar surface area (TPSA) is 75.4 Å². The largest absolute Gasteiger partial charge is 0.476 e. The summed E-state index contributed by atoms with van der Waals surface area (Å²) in [6, 6.07) is 5.40. The summed E-state index contributed by atoms with van der Waals surface area (Å²) in [5.41, 5.74) is 2.87. The number of imidazole rings is 1. The lowest BCUT2D eigenvalue weighted by atomic mass is 9.97. The van der Waals surface area contributed by atoms with Crippen LogP contribution in [0, 0.1) is 6.92 Å². The first-order valence-corrected chi connectivity index (χ1v) is 6.81. The van der Waals surface area contributed by atoms with Gasteiger partial charge in [-0.15, -0.1) is 0 Å². The van der Waals surface area contributed by atoms with Crippen LogP contribution in [0.5, 0.6) is 0 Å². The van der Waals surface area contributed by atoms with Crippen molar-refractivity contribution in [1.29, 1.82) is 0 Å². The molecule has 106 valence electrons. The lowest BCUT2D eigenvalue weighted by molar-refractivity contribution is 0.0448. The molecule has 1 aromatic heterocycles. The molecule has 1 aromatic carbocycles. The normalized spacial score (nSPS) is 19.2. The van der Waals surface area contributed by atoms with Gasteiger partial charge in [0.25, 0.3) is 5.91 Å². The molecule has 1 atom stereocenters. The van der Waals surface area contributed by atoms with Gasteiger partial charge in [-0.25, -0.2) is 9.78 Å². The summed E-state index contributed by atoms with van der Waals surface area (Å²) in [5, 5.41) is 9.34. The quantitative estimate of drug-likeness (QED) is 0.865. The number of rotatable bonds is 1. The minimum absolute atomic E-state index is 0.0283. The molecule has 0 bridgehead atoms. The Morgan fingerprint density at radius 1 is 1.43 bits per heavy atom. The van der Waals surface area contributed by atoms with Crippen molar-refractivity contribution in [2.24, 2.45) is 0 Å². The predicted octanol–water partition coefficient (Wildman–Crippen LogP) is 1.78. The van der Waals surface area contributed by atoms with Crippen LogP contribution in [0.15, 0.2) is 24.5 Å². The van der Waals surface area contributed by atoms with E-state index in [0.29, 0.717) is 23.5 Å². The Morgan fingerprint density at radius 3 is 2.90 bits per heavy atom. The number of carbonyl (C=O) groups is 2. The minimum Gasteiger partial charge on any atom is -0.476 e. The van der Waals surface area contributed by atoms with Gasteiger partial charge >= 0.3 is 5.97 Å². The van der Waals surface area contributed by atoms with Gasteiger partial charge < -0.3 is 10.0 Å². The Kier molecular flexibility index (Phi) is 2.28. The van der Waals surface area contributed by atoms with E-state index in [4.69, 9.17) is 0 Å². The summed E-state index contributed by atoms with van der Waals surface area (Å²) >= 11 is 0. The van der Waals surface area contributed by atoms with Gasteiger partial charge in [-0.1, -0.05) is 12.1 Å². The first-order chi connectivity index (χ1) is 10.1. The lowest BCUT2D eigenvalue weighted by Gasteiger charge is -2.39. The molecule has 0 unspecified atom stereocenters. The van der Waals surface area contributed by atoms with Crippen LogP contribution in [0.4, 0.5) is 0 Å². The van der Waals surface area contributed by atoms with E-state index in [2.05, 4.69) is 4.98 Å². The summed E-state index contributed by atoms with van der Waals surface area (Å²) in [6.07, 6.45) is 2.27. The summed E-state index contributed by atoms with van der Waals surface area (Å²) < 4.78 is 1.76. The zero-order valence-corrected chi connectivity index (χ0v) is 11.4. The molecule has 1 fully saturated rings. The van der Waals surface area contributed by atoms with Crippen LogP contribution in [0.3, 0.4) is 0 Å². The Hall–Kier alpha value is -2.63. The summed E-state index contributed by atoms with van der Waals surface area (Å²) in [7, 11) is 0. The smallest absolute Gasteiger partial charge is 0.356 e. The van der Waals surface area contributed by atoms with Gasteiger partial charge in [0.15, 0.2) is 5.69 Å². The molecule has 1 amide bonds. The van der Waals surface area contributed by atoms with Gasteiger partial charge in [-0.3, -0.25) is 9.36 Å². The number of aromatic carboxylic acids is 1. The van der Waals surface area contributed by atoms with Crippen molar-refractivity contribution in [1.82, 2.24) is 14.5 Å². The second-order valence-electron chi connectivity index (χ2n) is 5.43. The maximum absolute atomic E-state index is 12.7. The molecular weight excluding hydrogens is 270 g/mol. The number of carboxylic acid groups (broad SMARTS) is 1. The number of carbonyl (C=O) groups excluding carboxylic acids is 1. The van der Waals surface area contributed by atoms with Crippen molar-refractivity contribution < 1.29 is 14.7 Å². The average molecular weight is 283 g/mol. The number of carboxylic acids is 1. The van der Waals surface area contributed by atoms with Crippen molar-refractivity contribution >= 4 is 11.9 Å². The molecule has 1 saturated heterocycles.